The molecule has 27 heavy (non-hydrogen) atoms. The number of benzene rings is 2. The van der Waals surface area contributed by atoms with Gasteiger partial charge in [0.05, 0.1) is 6.54 Å². The number of aliphatic imine (C=N–C) groups is 1. The SMILES string of the molecule is CN=C(NCc1ccc(C)c(F)c1)NCc1nc(-c2cccc(Cl)c2)no1. The summed E-state index contributed by atoms with van der Waals surface area (Å²) >= 11 is 5.98. The van der Waals surface area contributed by atoms with Gasteiger partial charge < -0.3 is 15.2 Å². The average molecular weight is 388 g/mol. The largest absolute Gasteiger partial charge is 0.352 e. The van der Waals surface area contributed by atoms with Crippen molar-refractivity contribution in [3.8, 4) is 11.4 Å². The van der Waals surface area contributed by atoms with Crippen LogP contribution in [0.1, 0.15) is 17.0 Å². The highest BCUT2D eigenvalue weighted by Crippen LogP contribution is 2.19. The first-order valence-corrected chi connectivity index (χ1v) is 8.71. The summed E-state index contributed by atoms with van der Waals surface area (Å²) in [6.07, 6.45) is 0. The first-order valence-electron chi connectivity index (χ1n) is 8.33. The quantitative estimate of drug-likeness (QED) is 0.515. The van der Waals surface area contributed by atoms with Crippen LogP contribution in [0.5, 0.6) is 0 Å². The Morgan fingerprint density at radius 3 is 2.74 bits per heavy atom. The second-order valence-electron chi connectivity index (χ2n) is 5.88. The Morgan fingerprint density at radius 2 is 2.00 bits per heavy atom. The Kier molecular flexibility index (Phi) is 6.03. The van der Waals surface area contributed by atoms with Crippen LogP contribution in [0, 0.1) is 12.7 Å². The number of hydrogen-bond donors (Lipinski definition) is 2. The highest BCUT2D eigenvalue weighted by molar-refractivity contribution is 6.30. The van der Waals surface area contributed by atoms with Crippen LogP contribution in [0.15, 0.2) is 52.0 Å². The zero-order valence-electron chi connectivity index (χ0n) is 15.0. The van der Waals surface area contributed by atoms with E-state index in [-0.39, 0.29) is 5.82 Å². The molecule has 0 aliphatic heterocycles. The number of rotatable bonds is 5. The lowest BCUT2D eigenvalue weighted by Crippen LogP contribution is -2.36. The van der Waals surface area contributed by atoms with Gasteiger partial charge in [-0.2, -0.15) is 4.98 Å². The third kappa shape index (κ3) is 5.04. The molecular weight excluding hydrogens is 369 g/mol. The fourth-order valence-electron chi connectivity index (χ4n) is 2.38. The topological polar surface area (TPSA) is 75.3 Å². The molecule has 0 amide bonds. The van der Waals surface area contributed by atoms with Crippen molar-refractivity contribution in [3.63, 3.8) is 0 Å². The Labute approximate surface area is 161 Å². The number of hydrogen-bond acceptors (Lipinski definition) is 4. The molecule has 2 aromatic carbocycles. The van der Waals surface area contributed by atoms with Crippen molar-refractivity contribution in [2.45, 2.75) is 20.0 Å². The molecule has 0 saturated heterocycles. The minimum absolute atomic E-state index is 0.225. The lowest BCUT2D eigenvalue weighted by molar-refractivity contribution is 0.375. The number of aromatic nitrogens is 2. The molecule has 0 aliphatic rings. The second kappa shape index (κ2) is 8.64. The molecule has 8 heteroatoms. The van der Waals surface area contributed by atoms with Gasteiger partial charge in [0.15, 0.2) is 5.96 Å². The minimum Gasteiger partial charge on any atom is -0.352 e. The minimum atomic E-state index is -0.225. The number of halogens is 2. The molecule has 3 aromatic rings. The fraction of sp³-hybridized carbons (Fsp3) is 0.211. The number of guanidine groups is 1. The van der Waals surface area contributed by atoms with Gasteiger partial charge in [0, 0.05) is 24.2 Å². The van der Waals surface area contributed by atoms with Crippen LogP contribution < -0.4 is 10.6 Å². The van der Waals surface area contributed by atoms with E-state index in [1.165, 1.54) is 6.07 Å². The van der Waals surface area contributed by atoms with Gasteiger partial charge in [-0.25, -0.2) is 4.39 Å². The number of nitrogens with one attached hydrogen (secondary N) is 2. The Balaban J connectivity index is 1.56. The summed E-state index contributed by atoms with van der Waals surface area (Å²) in [6, 6.07) is 12.4. The Hall–Kier alpha value is -2.93. The lowest BCUT2D eigenvalue weighted by atomic mass is 10.1. The molecule has 0 unspecified atom stereocenters. The summed E-state index contributed by atoms with van der Waals surface area (Å²) in [5, 5.41) is 10.8. The van der Waals surface area contributed by atoms with Crippen molar-refractivity contribution in [2.75, 3.05) is 7.05 Å². The summed E-state index contributed by atoms with van der Waals surface area (Å²) in [7, 11) is 1.65. The maximum atomic E-state index is 13.6. The summed E-state index contributed by atoms with van der Waals surface area (Å²) < 4.78 is 18.9. The van der Waals surface area contributed by atoms with Crippen LogP contribution in [0.25, 0.3) is 11.4 Å². The van der Waals surface area contributed by atoms with Crippen molar-refractivity contribution >= 4 is 17.6 Å². The first kappa shape index (κ1) is 18.8. The summed E-state index contributed by atoms with van der Waals surface area (Å²) in [4.78, 5) is 8.46. The molecule has 140 valence electrons. The monoisotopic (exact) mass is 387 g/mol. The standard InChI is InChI=1S/C19H19ClFN5O/c1-12-6-7-13(8-16(12)21)10-23-19(22-2)24-11-17-25-18(26-27-17)14-4-3-5-15(20)9-14/h3-9H,10-11H2,1-2H3,(H2,22,23,24). The smallest absolute Gasteiger partial charge is 0.246 e. The highest BCUT2D eigenvalue weighted by atomic mass is 35.5. The molecule has 0 radical (unpaired) electrons. The van der Waals surface area contributed by atoms with E-state index in [0.717, 1.165) is 11.1 Å². The van der Waals surface area contributed by atoms with Crippen LogP contribution in [-0.2, 0) is 13.1 Å². The third-order valence-corrected chi connectivity index (χ3v) is 4.11. The molecule has 0 fully saturated rings. The van der Waals surface area contributed by atoms with Crippen LogP contribution in [0.2, 0.25) is 5.02 Å². The van der Waals surface area contributed by atoms with E-state index in [2.05, 4.69) is 25.8 Å². The zero-order chi connectivity index (χ0) is 19.2. The predicted octanol–water partition coefficient (Wildman–Crippen LogP) is 3.70. The molecule has 6 nitrogen and oxygen atoms in total. The van der Waals surface area contributed by atoms with E-state index >= 15 is 0 Å². The summed E-state index contributed by atoms with van der Waals surface area (Å²) in [5.41, 5.74) is 2.22. The Morgan fingerprint density at radius 1 is 1.19 bits per heavy atom. The molecule has 3 rings (SSSR count). The van der Waals surface area contributed by atoms with E-state index in [4.69, 9.17) is 16.1 Å². The second-order valence-corrected chi connectivity index (χ2v) is 6.32. The van der Waals surface area contributed by atoms with Crippen molar-refractivity contribution in [3.05, 3.63) is 70.3 Å². The number of nitrogens with zero attached hydrogens (tertiary/aromatic N) is 3. The predicted molar refractivity (Wildman–Crippen MR) is 103 cm³/mol. The molecule has 1 heterocycles. The van der Waals surface area contributed by atoms with Gasteiger partial charge in [-0.3, -0.25) is 4.99 Å². The average Bonchev–Trinajstić information content (AvgIpc) is 3.14. The van der Waals surface area contributed by atoms with Crippen molar-refractivity contribution in [2.24, 2.45) is 4.99 Å². The van der Waals surface area contributed by atoms with E-state index in [9.17, 15) is 4.39 Å². The fourth-order valence-corrected chi connectivity index (χ4v) is 2.57. The first-order chi connectivity index (χ1) is 13.0. The normalized spacial score (nSPS) is 11.5. The van der Waals surface area contributed by atoms with Gasteiger partial charge in [0.1, 0.15) is 5.82 Å². The highest BCUT2D eigenvalue weighted by Gasteiger charge is 2.10. The molecular formula is C19H19ClFN5O. The van der Waals surface area contributed by atoms with Gasteiger partial charge in [0.2, 0.25) is 11.7 Å². The summed E-state index contributed by atoms with van der Waals surface area (Å²) in [6.45, 7) is 2.47. The lowest BCUT2D eigenvalue weighted by Gasteiger charge is -2.10. The molecule has 0 bridgehead atoms. The van der Waals surface area contributed by atoms with Gasteiger partial charge in [-0.1, -0.05) is 41.0 Å². The molecule has 0 saturated carbocycles. The molecule has 1 aromatic heterocycles. The maximum absolute atomic E-state index is 13.6. The maximum Gasteiger partial charge on any atom is 0.246 e. The van der Waals surface area contributed by atoms with Crippen LogP contribution in [0.4, 0.5) is 4.39 Å². The number of aryl methyl sites for hydroxylation is 1. The van der Waals surface area contributed by atoms with Gasteiger partial charge in [-0.05, 0) is 36.2 Å². The van der Waals surface area contributed by atoms with Crippen molar-refractivity contribution in [1.29, 1.82) is 0 Å². The van der Waals surface area contributed by atoms with Crippen LogP contribution >= 0.6 is 11.6 Å². The van der Waals surface area contributed by atoms with Gasteiger partial charge >= 0.3 is 0 Å². The molecule has 0 atom stereocenters. The molecule has 0 spiro atoms. The summed E-state index contributed by atoms with van der Waals surface area (Å²) in [5.74, 6) is 1.19. The Bertz CT molecular complexity index is 957. The van der Waals surface area contributed by atoms with E-state index in [0.29, 0.717) is 41.4 Å². The van der Waals surface area contributed by atoms with E-state index < -0.39 is 0 Å². The van der Waals surface area contributed by atoms with Crippen LogP contribution in [0.3, 0.4) is 0 Å². The van der Waals surface area contributed by atoms with Gasteiger partial charge in [0.25, 0.3) is 0 Å². The third-order valence-electron chi connectivity index (χ3n) is 3.88. The van der Waals surface area contributed by atoms with E-state index in [1.807, 2.05) is 18.2 Å². The molecule has 2 N–H and O–H groups in total. The van der Waals surface area contributed by atoms with Gasteiger partial charge in [-0.15, -0.1) is 0 Å². The van der Waals surface area contributed by atoms with Crippen molar-refractivity contribution in [1.82, 2.24) is 20.8 Å². The van der Waals surface area contributed by atoms with Crippen LogP contribution in [-0.4, -0.2) is 23.1 Å². The molecule has 0 aliphatic carbocycles. The van der Waals surface area contributed by atoms with Crippen molar-refractivity contribution < 1.29 is 8.91 Å². The zero-order valence-corrected chi connectivity index (χ0v) is 15.7. The van der Waals surface area contributed by atoms with E-state index in [1.54, 1.807) is 32.2 Å².